The highest BCUT2D eigenvalue weighted by atomic mass is 32.2. The van der Waals surface area contributed by atoms with Crippen molar-refractivity contribution in [2.45, 2.75) is 42.8 Å². The van der Waals surface area contributed by atoms with E-state index in [2.05, 4.69) is 4.99 Å². The molecule has 0 bridgehead atoms. The molecule has 0 aliphatic carbocycles. The smallest absolute Gasteiger partial charge is 0.161 e. The Morgan fingerprint density at radius 2 is 2.06 bits per heavy atom. The summed E-state index contributed by atoms with van der Waals surface area (Å²) in [4.78, 5) is 6.23. The van der Waals surface area contributed by atoms with Crippen molar-refractivity contribution in [3.8, 4) is 0 Å². The van der Waals surface area contributed by atoms with E-state index < -0.39 is 24.4 Å². The molecular formula is C10H19N3O3S. The standard InChI is InChI=1S/C10H19N3O3S/c1-4(11)8-7(15)6(14)5-9(16-8)17-10(12-5)13(2)3/h4-9,14-15H,11H2,1-3H3. The minimum atomic E-state index is -0.984. The zero-order valence-electron chi connectivity index (χ0n) is 10.1. The van der Waals surface area contributed by atoms with Crippen LogP contribution in [-0.2, 0) is 4.74 Å². The molecule has 1 fully saturated rings. The first-order valence-corrected chi connectivity index (χ1v) is 6.48. The molecule has 0 amide bonds. The summed E-state index contributed by atoms with van der Waals surface area (Å²) in [5.41, 5.74) is 5.48. The molecule has 0 radical (unpaired) electrons. The van der Waals surface area contributed by atoms with Crippen LogP contribution in [0.5, 0.6) is 0 Å². The van der Waals surface area contributed by atoms with Crippen molar-refractivity contribution in [2.75, 3.05) is 14.1 Å². The molecule has 2 aliphatic rings. The molecule has 6 atom stereocenters. The molecule has 2 aliphatic heterocycles. The molecule has 1 saturated heterocycles. The second kappa shape index (κ2) is 4.74. The fourth-order valence-corrected chi connectivity index (χ4v) is 3.17. The Kier molecular flexibility index (Phi) is 3.65. The molecule has 6 nitrogen and oxygen atoms in total. The van der Waals surface area contributed by atoms with E-state index in [0.717, 1.165) is 5.17 Å². The van der Waals surface area contributed by atoms with E-state index in [4.69, 9.17) is 10.5 Å². The van der Waals surface area contributed by atoms with Crippen molar-refractivity contribution in [3.05, 3.63) is 0 Å². The summed E-state index contributed by atoms with van der Waals surface area (Å²) < 4.78 is 5.72. The Balaban J connectivity index is 2.15. The number of nitrogens with two attached hydrogens (primary N) is 1. The van der Waals surface area contributed by atoms with Crippen LogP contribution in [0.3, 0.4) is 0 Å². The topological polar surface area (TPSA) is 91.3 Å². The Morgan fingerprint density at radius 1 is 1.41 bits per heavy atom. The molecule has 2 rings (SSSR count). The molecule has 6 unspecified atom stereocenters. The number of fused-ring (bicyclic) bond motifs is 1. The molecule has 98 valence electrons. The Bertz CT molecular complexity index is 324. The van der Waals surface area contributed by atoms with Gasteiger partial charge < -0.3 is 25.6 Å². The summed E-state index contributed by atoms with van der Waals surface area (Å²) >= 11 is 1.46. The summed E-state index contributed by atoms with van der Waals surface area (Å²) in [6.07, 6.45) is -2.45. The molecular weight excluding hydrogens is 242 g/mol. The molecule has 0 aromatic heterocycles. The zero-order valence-corrected chi connectivity index (χ0v) is 11.0. The van der Waals surface area contributed by atoms with Gasteiger partial charge in [0, 0.05) is 20.1 Å². The highest BCUT2D eigenvalue weighted by molar-refractivity contribution is 8.14. The first kappa shape index (κ1) is 13.1. The SMILES string of the molecule is CC(N)C1OC2SC(N(C)C)=NC2C(O)C1O. The van der Waals surface area contributed by atoms with E-state index >= 15 is 0 Å². The number of aliphatic imine (C=N–C) groups is 1. The Morgan fingerprint density at radius 3 is 2.59 bits per heavy atom. The largest absolute Gasteiger partial charge is 0.388 e. The number of nitrogens with zero attached hydrogens (tertiary/aromatic N) is 2. The average Bonchev–Trinajstić information content (AvgIpc) is 2.67. The molecule has 7 heteroatoms. The third-order valence-corrected chi connectivity index (χ3v) is 4.29. The van der Waals surface area contributed by atoms with E-state index in [1.54, 1.807) is 6.92 Å². The van der Waals surface area contributed by atoms with E-state index in [1.165, 1.54) is 11.8 Å². The second-order valence-electron chi connectivity index (χ2n) is 4.72. The van der Waals surface area contributed by atoms with Crippen molar-refractivity contribution in [1.82, 2.24) is 4.90 Å². The maximum atomic E-state index is 10.0. The lowest BCUT2D eigenvalue weighted by molar-refractivity contribution is -0.157. The average molecular weight is 261 g/mol. The van der Waals surface area contributed by atoms with Crippen molar-refractivity contribution < 1.29 is 14.9 Å². The fraction of sp³-hybridized carbons (Fsp3) is 0.900. The maximum absolute atomic E-state index is 10.0. The van der Waals surface area contributed by atoms with Gasteiger partial charge in [-0.05, 0) is 6.92 Å². The van der Waals surface area contributed by atoms with Crippen molar-refractivity contribution >= 4 is 16.9 Å². The van der Waals surface area contributed by atoms with Gasteiger partial charge in [0.1, 0.15) is 29.8 Å². The molecule has 2 heterocycles. The maximum Gasteiger partial charge on any atom is 0.161 e. The minimum absolute atomic E-state index is 0.262. The zero-order chi connectivity index (χ0) is 12.7. The Hall–Kier alpha value is -0.340. The lowest BCUT2D eigenvalue weighted by atomic mass is 9.95. The fourth-order valence-electron chi connectivity index (χ4n) is 2.03. The lowest BCUT2D eigenvalue weighted by Crippen LogP contribution is -2.59. The van der Waals surface area contributed by atoms with Crippen LogP contribution in [-0.4, -0.2) is 70.2 Å². The summed E-state index contributed by atoms with van der Waals surface area (Å²) in [6, 6.07) is -0.744. The van der Waals surface area contributed by atoms with Crippen LogP contribution < -0.4 is 5.73 Å². The third kappa shape index (κ3) is 2.30. The van der Waals surface area contributed by atoms with E-state index in [1.807, 2.05) is 19.0 Å². The van der Waals surface area contributed by atoms with Crippen LogP contribution in [0.1, 0.15) is 6.92 Å². The van der Waals surface area contributed by atoms with Crippen molar-refractivity contribution in [1.29, 1.82) is 0 Å². The highest BCUT2D eigenvalue weighted by Crippen LogP contribution is 2.37. The quantitative estimate of drug-likeness (QED) is 0.550. The van der Waals surface area contributed by atoms with Gasteiger partial charge in [0.15, 0.2) is 5.17 Å². The number of amidine groups is 1. The van der Waals surface area contributed by atoms with Crippen LogP contribution >= 0.6 is 11.8 Å². The van der Waals surface area contributed by atoms with Crippen LogP contribution in [0.4, 0.5) is 0 Å². The highest BCUT2D eigenvalue weighted by Gasteiger charge is 2.49. The molecule has 0 saturated carbocycles. The van der Waals surface area contributed by atoms with Gasteiger partial charge >= 0.3 is 0 Å². The van der Waals surface area contributed by atoms with Crippen LogP contribution in [0.25, 0.3) is 0 Å². The number of rotatable bonds is 1. The molecule has 0 aromatic rings. The second-order valence-corrected chi connectivity index (χ2v) is 5.79. The van der Waals surface area contributed by atoms with E-state index in [0.29, 0.717) is 0 Å². The first-order chi connectivity index (χ1) is 7.91. The summed E-state index contributed by atoms with van der Waals surface area (Å²) in [6.45, 7) is 1.76. The number of aliphatic hydroxyl groups excluding tert-OH is 2. The first-order valence-electron chi connectivity index (χ1n) is 5.60. The normalized spacial score (nSPS) is 42.9. The van der Waals surface area contributed by atoms with Crippen molar-refractivity contribution in [2.24, 2.45) is 10.7 Å². The van der Waals surface area contributed by atoms with E-state index in [-0.39, 0.29) is 11.5 Å². The number of thioether (sulfide) groups is 1. The van der Waals surface area contributed by atoms with Crippen LogP contribution in [0.2, 0.25) is 0 Å². The van der Waals surface area contributed by atoms with Gasteiger partial charge in [-0.3, -0.25) is 4.99 Å². The minimum Gasteiger partial charge on any atom is -0.388 e. The van der Waals surface area contributed by atoms with Gasteiger partial charge in [-0.2, -0.15) is 0 Å². The summed E-state index contributed by atoms with van der Waals surface area (Å²) in [5.74, 6) is 0. The van der Waals surface area contributed by atoms with Gasteiger partial charge in [-0.1, -0.05) is 11.8 Å². The molecule has 17 heavy (non-hydrogen) atoms. The summed E-state index contributed by atoms with van der Waals surface area (Å²) in [7, 11) is 3.77. The summed E-state index contributed by atoms with van der Waals surface area (Å²) in [5, 5.41) is 20.8. The van der Waals surface area contributed by atoms with Crippen molar-refractivity contribution in [3.63, 3.8) is 0 Å². The molecule has 0 spiro atoms. The van der Waals surface area contributed by atoms with Crippen LogP contribution in [0, 0.1) is 0 Å². The van der Waals surface area contributed by atoms with Crippen LogP contribution in [0.15, 0.2) is 4.99 Å². The monoisotopic (exact) mass is 261 g/mol. The number of aliphatic hydroxyl groups is 2. The molecule has 4 N–H and O–H groups in total. The van der Waals surface area contributed by atoms with Gasteiger partial charge in [0.2, 0.25) is 0 Å². The van der Waals surface area contributed by atoms with Gasteiger partial charge in [0.25, 0.3) is 0 Å². The Labute approximate surface area is 105 Å². The number of hydrogen-bond acceptors (Lipinski definition) is 7. The molecule has 0 aromatic carbocycles. The number of hydrogen-bond donors (Lipinski definition) is 3. The predicted molar refractivity (Wildman–Crippen MR) is 66.8 cm³/mol. The lowest BCUT2D eigenvalue weighted by Gasteiger charge is -2.39. The third-order valence-electron chi connectivity index (χ3n) is 2.99. The van der Waals surface area contributed by atoms with Gasteiger partial charge in [0.05, 0.1) is 0 Å². The van der Waals surface area contributed by atoms with Gasteiger partial charge in [-0.25, -0.2) is 0 Å². The van der Waals surface area contributed by atoms with E-state index in [9.17, 15) is 10.2 Å². The number of ether oxygens (including phenoxy) is 1. The van der Waals surface area contributed by atoms with Gasteiger partial charge in [-0.15, -0.1) is 0 Å². The predicted octanol–water partition coefficient (Wildman–Crippen LogP) is -1.19.